The Bertz CT molecular complexity index is 1050. The predicted octanol–water partition coefficient (Wildman–Crippen LogP) is 5.05. The van der Waals surface area contributed by atoms with Crippen LogP contribution in [0.25, 0.3) is 27.9 Å². The molecule has 0 amide bonds. The predicted molar refractivity (Wildman–Crippen MR) is 107 cm³/mol. The largest absolute Gasteiger partial charge is 0.357 e. The fourth-order valence-corrected chi connectivity index (χ4v) is 3.46. The zero-order valence-electron chi connectivity index (χ0n) is 15.4. The molecular weight excluding hydrogens is 339 g/mol. The molecule has 4 aromatic rings. The summed E-state index contributed by atoms with van der Waals surface area (Å²) in [5, 5.41) is 4.94. The third-order valence-electron chi connectivity index (χ3n) is 4.81. The van der Waals surface area contributed by atoms with Gasteiger partial charge in [-0.3, -0.25) is 4.98 Å². The molecule has 0 spiro atoms. The molecule has 5 heteroatoms. The highest BCUT2D eigenvalue weighted by Crippen LogP contribution is 2.36. The first kappa shape index (κ1) is 17.2. The van der Waals surface area contributed by atoms with Crippen molar-refractivity contribution < 1.29 is 4.39 Å². The van der Waals surface area contributed by atoms with Crippen LogP contribution in [-0.2, 0) is 0 Å². The number of fused-ring (bicyclic) bond motifs is 1. The van der Waals surface area contributed by atoms with Gasteiger partial charge >= 0.3 is 0 Å². The Labute approximate surface area is 157 Å². The van der Waals surface area contributed by atoms with E-state index >= 15 is 0 Å². The van der Waals surface area contributed by atoms with Crippen LogP contribution in [0.3, 0.4) is 0 Å². The van der Waals surface area contributed by atoms with E-state index < -0.39 is 0 Å². The van der Waals surface area contributed by atoms with Crippen molar-refractivity contribution in [1.82, 2.24) is 14.6 Å². The van der Waals surface area contributed by atoms with Crippen LogP contribution in [0.4, 0.5) is 10.2 Å². The molecule has 0 aliphatic carbocycles. The Morgan fingerprint density at radius 1 is 0.889 bits per heavy atom. The second kappa shape index (κ2) is 7.19. The highest BCUT2D eigenvalue weighted by atomic mass is 19.1. The van der Waals surface area contributed by atoms with E-state index in [9.17, 15) is 4.39 Å². The Kier molecular flexibility index (Phi) is 4.59. The molecule has 0 atom stereocenters. The van der Waals surface area contributed by atoms with Gasteiger partial charge in [-0.2, -0.15) is 5.10 Å². The number of rotatable bonds is 5. The van der Waals surface area contributed by atoms with E-state index in [2.05, 4.69) is 41.9 Å². The Hall–Kier alpha value is -3.21. The molecular formula is C22H21FN4. The molecule has 3 heterocycles. The van der Waals surface area contributed by atoms with Gasteiger partial charge in [0, 0.05) is 36.6 Å². The first-order valence-electron chi connectivity index (χ1n) is 9.16. The topological polar surface area (TPSA) is 33.4 Å². The molecule has 0 N–H and O–H groups in total. The molecule has 1 aromatic carbocycles. The second-order valence-corrected chi connectivity index (χ2v) is 6.32. The summed E-state index contributed by atoms with van der Waals surface area (Å²) in [6.45, 7) is 6.06. The van der Waals surface area contributed by atoms with Crippen LogP contribution in [0.15, 0.2) is 67.0 Å². The summed E-state index contributed by atoms with van der Waals surface area (Å²) < 4.78 is 15.4. The first-order chi connectivity index (χ1) is 13.2. The maximum atomic E-state index is 13.5. The summed E-state index contributed by atoms with van der Waals surface area (Å²) in [5.74, 6) is 0.790. The van der Waals surface area contributed by atoms with Crippen molar-refractivity contribution in [3.63, 3.8) is 0 Å². The minimum absolute atomic E-state index is 0.253. The normalized spacial score (nSPS) is 11.1. The molecule has 0 fully saturated rings. The van der Waals surface area contributed by atoms with E-state index in [0.717, 1.165) is 46.8 Å². The Morgan fingerprint density at radius 2 is 1.59 bits per heavy atom. The first-order valence-corrected chi connectivity index (χ1v) is 9.16. The van der Waals surface area contributed by atoms with Gasteiger partial charge in [0.15, 0.2) is 0 Å². The standard InChI is InChI=1S/C22H21FN4/c1-3-26(4-2)20-7-5-6-19-21(16-12-14-24-15-13-16)22(25-27(19)20)17-8-10-18(23)11-9-17/h5-15H,3-4H2,1-2H3. The number of aromatic nitrogens is 3. The molecule has 27 heavy (non-hydrogen) atoms. The van der Waals surface area contributed by atoms with Crippen molar-refractivity contribution in [2.45, 2.75) is 13.8 Å². The van der Waals surface area contributed by atoms with Crippen molar-refractivity contribution in [3.8, 4) is 22.4 Å². The summed E-state index contributed by atoms with van der Waals surface area (Å²) in [6, 6.07) is 16.7. The van der Waals surface area contributed by atoms with Crippen molar-refractivity contribution in [2.24, 2.45) is 0 Å². The lowest BCUT2D eigenvalue weighted by atomic mass is 10.0. The SMILES string of the molecule is CCN(CC)c1cccc2c(-c3ccncc3)c(-c3ccc(F)cc3)nn12. The number of halogens is 1. The van der Waals surface area contributed by atoms with Crippen LogP contribution in [0.2, 0.25) is 0 Å². The van der Waals surface area contributed by atoms with Crippen LogP contribution in [0, 0.1) is 5.82 Å². The highest BCUT2D eigenvalue weighted by molar-refractivity contribution is 5.92. The molecule has 0 saturated carbocycles. The molecule has 0 aliphatic rings. The summed E-state index contributed by atoms with van der Waals surface area (Å²) in [7, 11) is 0. The molecule has 3 aromatic heterocycles. The number of anilines is 1. The van der Waals surface area contributed by atoms with E-state index in [1.807, 2.05) is 16.6 Å². The number of hydrogen-bond acceptors (Lipinski definition) is 3. The molecule has 0 saturated heterocycles. The van der Waals surface area contributed by atoms with Gasteiger partial charge in [0.25, 0.3) is 0 Å². The van der Waals surface area contributed by atoms with E-state index in [4.69, 9.17) is 5.10 Å². The smallest absolute Gasteiger partial charge is 0.130 e. The number of nitrogens with zero attached hydrogens (tertiary/aromatic N) is 4. The van der Waals surface area contributed by atoms with Crippen molar-refractivity contribution in [3.05, 3.63) is 72.8 Å². The molecule has 0 aliphatic heterocycles. The summed E-state index contributed by atoms with van der Waals surface area (Å²) >= 11 is 0. The monoisotopic (exact) mass is 360 g/mol. The van der Waals surface area contributed by atoms with Gasteiger partial charge in [-0.05, 0) is 67.9 Å². The quantitative estimate of drug-likeness (QED) is 0.499. The fraction of sp³-hybridized carbons (Fsp3) is 0.182. The van der Waals surface area contributed by atoms with Crippen molar-refractivity contribution >= 4 is 11.3 Å². The number of pyridine rings is 2. The average molecular weight is 360 g/mol. The van der Waals surface area contributed by atoms with Gasteiger partial charge in [-0.1, -0.05) is 6.07 Å². The van der Waals surface area contributed by atoms with Gasteiger partial charge in [0.1, 0.15) is 17.3 Å². The zero-order valence-corrected chi connectivity index (χ0v) is 15.4. The summed E-state index contributed by atoms with van der Waals surface area (Å²) in [6.07, 6.45) is 3.56. The van der Waals surface area contributed by atoms with Gasteiger partial charge < -0.3 is 4.90 Å². The van der Waals surface area contributed by atoms with Crippen LogP contribution >= 0.6 is 0 Å². The molecule has 0 bridgehead atoms. The highest BCUT2D eigenvalue weighted by Gasteiger charge is 2.19. The van der Waals surface area contributed by atoms with E-state index in [-0.39, 0.29) is 5.82 Å². The minimum Gasteiger partial charge on any atom is -0.357 e. The fourth-order valence-electron chi connectivity index (χ4n) is 3.46. The van der Waals surface area contributed by atoms with Crippen LogP contribution in [0.1, 0.15) is 13.8 Å². The molecule has 4 nitrogen and oxygen atoms in total. The van der Waals surface area contributed by atoms with Gasteiger partial charge in [-0.25, -0.2) is 8.91 Å². The number of hydrogen-bond donors (Lipinski definition) is 0. The van der Waals surface area contributed by atoms with Crippen LogP contribution in [0.5, 0.6) is 0 Å². The summed E-state index contributed by atoms with van der Waals surface area (Å²) in [5.41, 5.74) is 4.80. The second-order valence-electron chi connectivity index (χ2n) is 6.32. The van der Waals surface area contributed by atoms with Gasteiger partial charge in [0.2, 0.25) is 0 Å². The summed E-state index contributed by atoms with van der Waals surface area (Å²) in [4.78, 5) is 6.41. The minimum atomic E-state index is -0.253. The lowest BCUT2D eigenvalue weighted by Gasteiger charge is -2.21. The lowest BCUT2D eigenvalue weighted by molar-refractivity contribution is 0.628. The third kappa shape index (κ3) is 3.05. The van der Waals surface area contributed by atoms with E-state index in [1.54, 1.807) is 24.5 Å². The lowest BCUT2D eigenvalue weighted by Crippen LogP contribution is -2.24. The maximum Gasteiger partial charge on any atom is 0.130 e. The van der Waals surface area contributed by atoms with E-state index in [1.165, 1.54) is 12.1 Å². The molecule has 0 unspecified atom stereocenters. The van der Waals surface area contributed by atoms with Crippen molar-refractivity contribution in [1.29, 1.82) is 0 Å². The van der Waals surface area contributed by atoms with Crippen LogP contribution < -0.4 is 4.90 Å². The Morgan fingerprint density at radius 3 is 2.26 bits per heavy atom. The molecule has 4 rings (SSSR count). The van der Waals surface area contributed by atoms with Gasteiger partial charge in [0.05, 0.1) is 5.52 Å². The van der Waals surface area contributed by atoms with E-state index in [0.29, 0.717) is 0 Å². The van der Waals surface area contributed by atoms with Crippen LogP contribution in [-0.4, -0.2) is 27.7 Å². The Balaban J connectivity index is 2.04. The molecule has 0 radical (unpaired) electrons. The zero-order chi connectivity index (χ0) is 18.8. The molecule has 136 valence electrons. The maximum absolute atomic E-state index is 13.5. The number of benzene rings is 1. The van der Waals surface area contributed by atoms with Crippen molar-refractivity contribution in [2.75, 3.05) is 18.0 Å². The third-order valence-corrected chi connectivity index (χ3v) is 4.81. The van der Waals surface area contributed by atoms with Gasteiger partial charge in [-0.15, -0.1) is 0 Å². The average Bonchev–Trinajstić information content (AvgIpc) is 3.10.